The molecule has 0 unspecified atom stereocenters. The lowest BCUT2D eigenvalue weighted by atomic mass is 9.81. The summed E-state index contributed by atoms with van der Waals surface area (Å²) in [4.78, 5) is 4.80. The molecule has 3 aromatic carbocycles. The molecule has 0 bridgehead atoms. The normalized spacial score (nSPS) is 12.3. The van der Waals surface area contributed by atoms with Crippen LogP contribution in [-0.2, 0) is 0 Å². The van der Waals surface area contributed by atoms with Crippen molar-refractivity contribution in [3.63, 3.8) is 0 Å². The van der Waals surface area contributed by atoms with Crippen LogP contribution in [0.4, 0.5) is 11.4 Å². The molecule has 1 aliphatic heterocycles. The summed E-state index contributed by atoms with van der Waals surface area (Å²) in [6.45, 7) is 17.6. The lowest BCUT2D eigenvalue weighted by Crippen LogP contribution is -2.22. The van der Waals surface area contributed by atoms with E-state index in [0.717, 1.165) is 37.7 Å². The molecule has 0 radical (unpaired) electrons. The molecule has 4 rings (SSSR count). The van der Waals surface area contributed by atoms with Gasteiger partial charge >= 0.3 is 0 Å². The maximum Gasteiger partial charge on any atom is 0.231 e. The maximum atomic E-state index is 5.75. The molecule has 1 heterocycles. The highest BCUT2D eigenvalue weighted by Crippen LogP contribution is 2.42. The van der Waals surface area contributed by atoms with Crippen LogP contribution in [-0.4, -0.2) is 33.0 Å². The molecule has 0 amide bonds. The van der Waals surface area contributed by atoms with Gasteiger partial charge in [-0.15, -0.1) is 0 Å². The summed E-state index contributed by atoms with van der Waals surface area (Å²) >= 11 is 0. The van der Waals surface area contributed by atoms with Crippen LogP contribution in [0.15, 0.2) is 54.6 Å². The van der Waals surface area contributed by atoms with E-state index in [-0.39, 0.29) is 5.92 Å². The van der Waals surface area contributed by atoms with Crippen molar-refractivity contribution < 1.29 is 9.47 Å². The fraction of sp³-hybridized carbons (Fsp3) is 0.400. The summed E-state index contributed by atoms with van der Waals surface area (Å²) in [5.41, 5.74) is 9.05. The summed E-state index contributed by atoms with van der Waals surface area (Å²) in [6.07, 6.45) is 0. The van der Waals surface area contributed by atoms with Crippen LogP contribution in [0.3, 0.4) is 0 Å². The zero-order valence-corrected chi connectivity index (χ0v) is 21.5. The van der Waals surface area contributed by atoms with E-state index in [2.05, 4.69) is 99.9 Å². The van der Waals surface area contributed by atoms with E-state index in [4.69, 9.17) is 9.47 Å². The molecule has 0 aliphatic carbocycles. The molecule has 180 valence electrons. The zero-order valence-electron chi connectivity index (χ0n) is 21.5. The minimum absolute atomic E-state index is 0.117. The first-order valence-corrected chi connectivity index (χ1v) is 12.6. The van der Waals surface area contributed by atoms with Gasteiger partial charge in [0.15, 0.2) is 11.5 Å². The molecule has 0 aromatic heterocycles. The van der Waals surface area contributed by atoms with Gasteiger partial charge in [0, 0.05) is 43.5 Å². The Labute approximate surface area is 205 Å². The topological polar surface area (TPSA) is 24.9 Å². The quantitative estimate of drug-likeness (QED) is 0.326. The minimum Gasteiger partial charge on any atom is -0.454 e. The Bertz CT molecular complexity index is 1070. The molecule has 4 heteroatoms. The second kappa shape index (κ2) is 10.4. The highest BCUT2D eigenvalue weighted by atomic mass is 16.7. The minimum atomic E-state index is 0.117. The number of ether oxygens (including phenoxy) is 2. The summed E-state index contributed by atoms with van der Waals surface area (Å²) in [6, 6.07) is 20.2. The van der Waals surface area contributed by atoms with Gasteiger partial charge in [-0.3, -0.25) is 0 Å². The van der Waals surface area contributed by atoms with Crippen LogP contribution in [0.25, 0.3) is 0 Å². The van der Waals surface area contributed by atoms with Crippen LogP contribution < -0.4 is 19.3 Å². The lowest BCUT2D eigenvalue weighted by molar-refractivity contribution is 0.174. The van der Waals surface area contributed by atoms with E-state index in [9.17, 15) is 0 Å². The molecule has 4 nitrogen and oxygen atoms in total. The summed E-state index contributed by atoms with van der Waals surface area (Å²) < 4.78 is 11.3. The first-order chi connectivity index (χ1) is 16.5. The van der Waals surface area contributed by atoms with Crippen molar-refractivity contribution in [2.45, 2.75) is 47.5 Å². The third-order valence-electron chi connectivity index (χ3n) is 7.12. The third-order valence-corrected chi connectivity index (χ3v) is 7.12. The average molecular weight is 459 g/mol. The van der Waals surface area contributed by atoms with E-state index >= 15 is 0 Å². The SMILES string of the molecule is CCN(CC)c1ccc(C(c2ccc3c(c2)OCO3)c2ccc(N(CC)CC)cc2C)c(C)c1. The van der Waals surface area contributed by atoms with E-state index in [1.165, 1.54) is 39.2 Å². The van der Waals surface area contributed by atoms with Gasteiger partial charge in [-0.25, -0.2) is 0 Å². The second-order valence-corrected chi connectivity index (χ2v) is 8.97. The molecule has 0 saturated carbocycles. The molecule has 0 atom stereocenters. The van der Waals surface area contributed by atoms with Gasteiger partial charge in [-0.1, -0.05) is 18.2 Å². The van der Waals surface area contributed by atoms with Crippen LogP contribution in [0, 0.1) is 13.8 Å². The summed E-state index contributed by atoms with van der Waals surface area (Å²) in [5, 5.41) is 0. The van der Waals surface area contributed by atoms with Gasteiger partial charge in [-0.2, -0.15) is 0 Å². The molecule has 0 saturated heterocycles. The van der Waals surface area contributed by atoms with Crippen LogP contribution in [0.2, 0.25) is 0 Å². The summed E-state index contributed by atoms with van der Waals surface area (Å²) in [7, 11) is 0. The van der Waals surface area contributed by atoms with E-state index < -0.39 is 0 Å². The second-order valence-electron chi connectivity index (χ2n) is 8.97. The molecule has 0 fully saturated rings. The number of benzene rings is 3. The highest BCUT2D eigenvalue weighted by Gasteiger charge is 2.24. The number of rotatable bonds is 9. The maximum absolute atomic E-state index is 5.75. The zero-order chi connectivity index (χ0) is 24.2. The lowest BCUT2D eigenvalue weighted by Gasteiger charge is -2.27. The monoisotopic (exact) mass is 458 g/mol. The molecule has 1 aliphatic rings. The Morgan fingerprint density at radius 1 is 0.647 bits per heavy atom. The van der Waals surface area contributed by atoms with Gasteiger partial charge in [0.2, 0.25) is 6.79 Å². The van der Waals surface area contributed by atoms with Crippen molar-refractivity contribution in [2.75, 3.05) is 42.8 Å². The number of fused-ring (bicyclic) bond motifs is 1. The predicted octanol–water partition coefficient (Wildman–Crippen LogP) is 6.90. The van der Waals surface area contributed by atoms with Crippen molar-refractivity contribution >= 4 is 11.4 Å². The molecular weight excluding hydrogens is 420 g/mol. The Morgan fingerprint density at radius 2 is 1.15 bits per heavy atom. The smallest absolute Gasteiger partial charge is 0.231 e. The van der Waals surface area contributed by atoms with E-state index in [1.807, 2.05) is 6.07 Å². The Morgan fingerprint density at radius 3 is 1.62 bits per heavy atom. The molecule has 0 N–H and O–H groups in total. The molecule has 34 heavy (non-hydrogen) atoms. The number of anilines is 2. The Balaban J connectivity index is 1.84. The molecule has 0 spiro atoms. The average Bonchev–Trinajstić information content (AvgIpc) is 3.31. The van der Waals surface area contributed by atoms with Crippen LogP contribution >= 0.6 is 0 Å². The standard InChI is InChI=1S/C30H38N2O2/c1-7-31(8-2)24-12-14-26(21(5)17-24)30(23-11-16-28-29(19-23)34-20-33-28)27-15-13-25(18-22(27)6)32(9-3)10-4/h11-19,30H,7-10,20H2,1-6H3. The number of nitrogens with zero attached hydrogens (tertiary/aromatic N) is 2. The van der Waals surface area contributed by atoms with Crippen molar-refractivity contribution in [1.82, 2.24) is 0 Å². The Kier molecular flexibility index (Phi) is 7.35. The van der Waals surface area contributed by atoms with E-state index in [1.54, 1.807) is 0 Å². The van der Waals surface area contributed by atoms with Gasteiger partial charge < -0.3 is 19.3 Å². The van der Waals surface area contributed by atoms with Crippen molar-refractivity contribution in [1.29, 1.82) is 0 Å². The van der Waals surface area contributed by atoms with E-state index in [0.29, 0.717) is 6.79 Å². The van der Waals surface area contributed by atoms with Crippen molar-refractivity contribution in [2.24, 2.45) is 0 Å². The number of aryl methyl sites for hydroxylation is 2. The van der Waals surface area contributed by atoms with Crippen LogP contribution in [0.1, 0.15) is 61.4 Å². The first kappa shape index (κ1) is 24.0. The predicted molar refractivity (Wildman–Crippen MR) is 143 cm³/mol. The van der Waals surface area contributed by atoms with Crippen molar-refractivity contribution in [3.8, 4) is 11.5 Å². The Hall–Kier alpha value is -3.14. The number of hydrogen-bond donors (Lipinski definition) is 0. The van der Waals surface area contributed by atoms with Gasteiger partial charge in [0.1, 0.15) is 0 Å². The van der Waals surface area contributed by atoms with Gasteiger partial charge in [-0.05, 0) is 106 Å². The van der Waals surface area contributed by atoms with Crippen molar-refractivity contribution in [3.05, 3.63) is 82.4 Å². The highest BCUT2D eigenvalue weighted by molar-refractivity contribution is 5.60. The number of hydrogen-bond acceptors (Lipinski definition) is 4. The fourth-order valence-electron chi connectivity index (χ4n) is 5.16. The molecular formula is C30H38N2O2. The first-order valence-electron chi connectivity index (χ1n) is 12.6. The van der Waals surface area contributed by atoms with Gasteiger partial charge in [0.05, 0.1) is 0 Å². The molecule has 3 aromatic rings. The third kappa shape index (κ3) is 4.59. The van der Waals surface area contributed by atoms with Crippen LogP contribution in [0.5, 0.6) is 11.5 Å². The fourth-order valence-corrected chi connectivity index (χ4v) is 5.16. The summed E-state index contributed by atoms with van der Waals surface area (Å²) in [5.74, 6) is 1.77. The van der Waals surface area contributed by atoms with Gasteiger partial charge in [0.25, 0.3) is 0 Å². The largest absolute Gasteiger partial charge is 0.454 e.